The summed E-state index contributed by atoms with van der Waals surface area (Å²) in [5, 5.41) is 4.13. The fraction of sp³-hybridized carbons (Fsp3) is 0.556. The van der Waals surface area contributed by atoms with Gasteiger partial charge in [-0.05, 0) is 20.8 Å². The maximum atomic E-state index is 11.0. The minimum Gasteiger partial charge on any atom is -0.434 e. The topological polar surface area (TPSA) is 53.4 Å². The predicted molar refractivity (Wildman–Crippen MR) is 50.3 cm³/mol. The second kappa shape index (κ2) is 4.64. The lowest BCUT2D eigenvalue weighted by Gasteiger charge is -2.04. The maximum Gasteiger partial charge on any atom is 0.515 e. The van der Waals surface area contributed by atoms with E-state index in [1.807, 2.05) is 13.8 Å². The Morgan fingerprint density at radius 1 is 1.57 bits per heavy atom. The number of carbonyl (C=O) groups is 1. The van der Waals surface area contributed by atoms with E-state index in [-0.39, 0.29) is 0 Å². The Morgan fingerprint density at radius 3 is 2.86 bits per heavy atom. The van der Waals surface area contributed by atoms with E-state index in [0.717, 1.165) is 5.69 Å². The van der Waals surface area contributed by atoms with Gasteiger partial charge in [0, 0.05) is 12.6 Å². The average Bonchev–Trinajstić information content (AvgIpc) is 2.46. The molecule has 0 radical (unpaired) electrons. The van der Waals surface area contributed by atoms with Gasteiger partial charge in [0.1, 0.15) is 0 Å². The van der Waals surface area contributed by atoms with E-state index >= 15 is 0 Å². The van der Waals surface area contributed by atoms with Gasteiger partial charge in [0.05, 0.1) is 12.3 Å². The molecular formula is C9H14N2O3. The van der Waals surface area contributed by atoms with E-state index in [4.69, 9.17) is 4.74 Å². The fourth-order valence-corrected chi connectivity index (χ4v) is 1.06. The average molecular weight is 198 g/mol. The number of ether oxygens (including phenoxy) is 2. The lowest BCUT2D eigenvalue weighted by Crippen LogP contribution is -2.13. The Kier molecular flexibility index (Phi) is 3.50. The van der Waals surface area contributed by atoms with Gasteiger partial charge in [-0.2, -0.15) is 5.10 Å². The molecule has 0 aromatic carbocycles. The van der Waals surface area contributed by atoms with Crippen molar-refractivity contribution >= 4 is 6.16 Å². The van der Waals surface area contributed by atoms with Gasteiger partial charge in [0.15, 0.2) is 0 Å². The Hall–Kier alpha value is -1.52. The summed E-state index contributed by atoms with van der Waals surface area (Å²) in [6, 6.07) is 1.69. The molecule has 78 valence electrons. The quantitative estimate of drug-likeness (QED) is 0.694. The van der Waals surface area contributed by atoms with Gasteiger partial charge in [-0.25, -0.2) is 9.48 Å². The molecular weight excluding hydrogens is 184 g/mol. The van der Waals surface area contributed by atoms with Crippen molar-refractivity contribution in [3.8, 4) is 5.88 Å². The molecule has 0 aliphatic rings. The number of aryl methyl sites for hydroxylation is 2. The van der Waals surface area contributed by atoms with Crippen molar-refractivity contribution < 1.29 is 14.3 Å². The first-order chi connectivity index (χ1) is 6.67. The summed E-state index contributed by atoms with van der Waals surface area (Å²) in [4.78, 5) is 11.0. The predicted octanol–water partition coefficient (Wildman–Crippen LogP) is 1.75. The molecule has 0 saturated heterocycles. The van der Waals surface area contributed by atoms with Crippen molar-refractivity contribution in [1.29, 1.82) is 0 Å². The summed E-state index contributed by atoms with van der Waals surface area (Å²) in [6.45, 7) is 6.44. The van der Waals surface area contributed by atoms with Gasteiger partial charge in [0.25, 0.3) is 0 Å². The van der Waals surface area contributed by atoms with Gasteiger partial charge in [-0.3, -0.25) is 0 Å². The van der Waals surface area contributed by atoms with Crippen molar-refractivity contribution in [3.05, 3.63) is 11.8 Å². The first kappa shape index (κ1) is 10.6. The van der Waals surface area contributed by atoms with Crippen molar-refractivity contribution in [2.24, 2.45) is 0 Å². The van der Waals surface area contributed by atoms with Crippen LogP contribution in [-0.2, 0) is 11.3 Å². The lowest BCUT2D eigenvalue weighted by atomic mass is 10.5. The first-order valence-corrected chi connectivity index (χ1v) is 4.56. The highest BCUT2D eigenvalue weighted by Gasteiger charge is 2.10. The lowest BCUT2D eigenvalue weighted by molar-refractivity contribution is 0.100. The molecule has 0 amide bonds. The van der Waals surface area contributed by atoms with E-state index in [2.05, 4.69) is 9.84 Å². The molecule has 5 nitrogen and oxygen atoms in total. The Bertz CT molecular complexity index is 320. The minimum absolute atomic E-state index is 0.304. The Balaban J connectivity index is 2.70. The molecule has 1 aromatic rings. The molecule has 1 rings (SSSR count). The van der Waals surface area contributed by atoms with Crippen LogP contribution < -0.4 is 4.74 Å². The smallest absolute Gasteiger partial charge is 0.434 e. The first-order valence-electron chi connectivity index (χ1n) is 4.56. The normalized spacial score (nSPS) is 9.93. The molecule has 1 heterocycles. The number of carbonyl (C=O) groups excluding carboxylic acids is 1. The van der Waals surface area contributed by atoms with Gasteiger partial charge in [-0.1, -0.05) is 0 Å². The Morgan fingerprint density at radius 2 is 2.29 bits per heavy atom. The number of aromatic nitrogens is 2. The molecule has 14 heavy (non-hydrogen) atoms. The second-order valence-corrected chi connectivity index (χ2v) is 2.72. The van der Waals surface area contributed by atoms with Crippen LogP contribution in [0.3, 0.4) is 0 Å². The molecule has 0 spiro atoms. The third kappa shape index (κ3) is 2.48. The highest BCUT2D eigenvalue weighted by Crippen LogP contribution is 2.13. The molecule has 0 atom stereocenters. The Labute approximate surface area is 82.6 Å². The zero-order chi connectivity index (χ0) is 10.6. The van der Waals surface area contributed by atoms with Crippen LogP contribution in [0.5, 0.6) is 5.88 Å². The summed E-state index contributed by atoms with van der Waals surface area (Å²) >= 11 is 0. The van der Waals surface area contributed by atoms with Crippen molar-refractivity contribution in [1.82, 2.24) is 9.78 Å². The summed E-state index contributed by atoms with van der Waals surface area (Å²) in [6.07, 6.45) is -0.692. The van der Waals surface area contributed by atoms with Gasteiger partial charge in [0.2, 0.25) is 5.88 Å². The SMILES string of the molecule is CCOC(=O)Oc1cc(C)nn1CC. The van der Waals surface area contributed by atoms with Crippen LogP contribution >= 0.6 is 0 Å². The number of rotatable bonds is 3. The van der Waals surface area contributed by atoms with Crippen molar-refractivity contribution in [3.63, 3.8) is 0 Å². The molecule has 0 aliphatic carbocycles. The highest BCUT2D eigenvalue weighted by molar-refractivity contribution is 5.63. The molecule has 0 saturated carbocycles. The van der Waals surface area contributed by atoms with E-state index in [1.165, 1.54) is 0 Å². The molecule has 0 unspecified atom stereocenters. The summed E-state index contributed by atoms with van der Waals surface area (Å²) in [7, 11) is 0. The van der Waals surface area contributed by atoms with E-state index in [1.54, 1.807) is 17.7 Å². The molecule has 0 aliphatic heterocycles. The second-order valence-electron chi connectivity index (χ2n) is 2.72. The van der Waals surface area contributed by atoms with Gasteiger partial charge >= 0.3 is 6.16 Å². The van der Waals surface area contributed by atoms with Gasteiger partial charge in [-0.15, -0.1) is 0 Å². The third-order valence-corrected chi connectivity index (χ3v) is 1.61. The summed E-state index contributed by atoms with van der Waals surface area (Å²) in [5.41, 5.74) is 0.811. The van der Waals surface area contributed by atoms with Crippen molar-refractivity contribution in [2.75, 3.05) is 6.61 Å². The molecule has 0 bridgehead atoms. The molecule has 1 aromatic heterocycles. The zero-order valence-corrected chi connectivity index (χ0v) is 8.61. The third-order valence-electron chi connectivity index (χ3n) is 1.61. The monoisotopic (exact) mass is 198 g/mol. The van der Waals surface area contributed by atoms with E-state index in [0.29, 0.717) is 19.0 Å². The number of hydrogen-bond donors (Lipinski definition) is 0. The standard InChI is InChI=1S/C9H14N2O3/c1-4-11-8(6-7(3)10-11)14-9(12)13-5-2/h6H,4-5H2,1-3H3. The molecule has 5 heteroatoms. The maximum absolute atomic E-state index is 11.0. The summed E-state index contributed by atoms with van der Waals surface area (Å²) in [5.74, 6) is 0.420. The van der Waals surface area contributed by atoms with Crippen LogP contribution in [0.25, 0.3) is 0 Å². The minimum atomic E-state index is -0.692. The highest BCUT2D eigenvalue weighted by atomic mass is 16.7. The zero-order valence-electron chi connectivity index (χ0n) is 8.61. The fourth-order valence-electron chi connectivity index (χ4n) is 1.06. The van der Waals surface area contributed by atoms with E-state index in [9.17, 15) is 4.79 Å². The van der Waals surface area contributed by atoms with Crippen LogP contribution in [0.1, 0.15) is 19.5 Å². The van der Waals surface area contributed by atoms with Crippen LogP contribution in [0.2, 0.25) is 0 Å². The van der Waals surface area contributed by atoms with Crippen LogP contribution in [-0.4, -0.2) is 22.5 Å². The van der Waals surface area contributed by atoms with Gasteiger partial charge < -0.3 is 9.47 Å². The van der Waals surface area contributed by atoms with Crippen LogP contribution in [0.15, 0.2) is 6.07 Å². The molecule has 0 fully saturated rings. The van der Waals surface area contributed by atoms with Crippen molar-refractivity contribution in [2.45, 2.75) is 27.3 Å². The number of hydrogen-bond acceptors (Lipinski definition) is 4. The number of nitrogens with zero attached hydrogens (tertiary/aromatic N) is 2. The van der Waals surface area contributed by atoms with Crippen LogP contribution in [0, 0.1) is 6.92 Å². The summed E-state index contributed by atoms with van der Waals surface area (Å²) < 4.78 is 11.2. The van der Waals surface area contributed by atoms with Crippen LogP contribution in [0.4, 0.5) is 4.79 Å². The van der Waals surface area contributed by atoms with E-state index < -0.39 is 6.16 Å². The molecule has 0 N–H and O–H groups in total. The largest absolute Gasteiger partial charge is 0.515 e.